The molecule has 164 valence electrons. The second kappa shape index (κ2) is 7.66. The number of pyridine rings is 2. The predicted octanol–water partition coefficient (Wildman–Crippen LogP) is 4.63. The van der Waals surface area contributed by atoms with Gasteiger partial charge in [0, 0.05) is 23.7 Å². The van der Waals surface area contributed by atoms with E-state index in [2.05, 4.69) is 21.4 Å². The summed E-state index contributed by atoms with van der Waals surface area (Å²) in [7, 11) is 0. The molecule has 0 aliphatic heterocycles. The number of benzene rings is 1. The van der Waals surface area contributed by atoms with Crippen LogP contribution in [0.3, 0.4) is 0 Å². The Kier molecular flexibility index (Phi) is 4.61. The molecule has 1 aromatic carbocycles. The summed E-state index contributed by atoms with van der Waals surface area (Å²) >= 11 is 0. The Morgan fingerprint density at radius 2 is 2.09 bits per heavy atom. The molecule has 0 spiro atoms. The van der Waals surface area contributed by atoms with Crippen LogP contribution in [0.2, 0.25) is 0 Å². The fraction of sp³-hybridized carbons (Fsp3) is 0.308. The summed E-state index contributed by atoms with van der Waals surface area (Å²) in [6.07, 6.45) is 8.17. The number of aromatic nitrogens is 2. The lowest BCUT2D eigenvalue weighted by molar-refractivity contribution is -0.121. The fourth-order valence-electron chi connectivity index (χ4n) is 5.18. The van der Waals surface area contributed by atoms with Crippen LogP contribution in [-0.4, -0.2) is 22.0 Å². The largest absolute Gasteiger partial charge is 0.486 e. The molecule has 7 heteroatoms. The molecule has 0 saturated heterocycles. The maximum atomic E-state index is 13.7. The third-order valence-corrected chi connectivity index (χ3v) is 6.91. The lowest BCUT2D eigenvalue weighted by Gasteiger charge is -2.19. The average molecular weight is 440 g/mol. The number of carbonyl (C=O) groups is 1. The first-order chi connectivity index (χ1) is 16.1. The Labute approximate surface area is 190 Å². The first-order valence-electron chi connectivity index (χ1n) is 11.2. The summed E-state index contributed by atoms with van der Waals surface area (Å²) < 4.78 is 19.9. The highest BCUT2D eigenvalue weighted by Crippen LogP contribution is 2.62. The number of halogens is 1. The summed E-state index contributed by atoms with van der Waals surface area (Å²) in [5.74, 6) is 1.74. The molecule has 1 unspecified atom stereocenters. The van der Waals surface area contributed by atoms with E-state index in [0.717, 1.165) is 19.3 Å². The number of nitrogens with zero attached hydrogens (tertiary/aromatic N) is 3. The second-order valence-electron chi connectivity index (χ2n) is 9.06. The highest BCUT2D eigenvalue weighted by molar-refractivity contribution is 5.93. The molecule has 3 aromatic rings. The van der Waals surface area contributed by atoms with Gasteiger partial charge in [0.25, 0.3) is 0 Å². The molecule has 4 atom stereocenters. The van der Waals surface area contributed by atoms with Crippen molar-refractivity contribution >= 4 is 22.6 Å². The zero-order valence-electron chi connectivity index (χ0n) is 17.7. The van der Waals surface area contributed by atoms with E-state index in [0.29, 0.717) is 39.9 Å². The standard InChI is InChI=1S/C26H21FN4O2/c27-16-4-5-21-20(9-16)22(7-8-29-21)33-17-10-18-19(11-17)25(18)24(15-2-3-15)26(32)31-23-6-1-14(12-28)13-30-23/h1,4-10,13,15,17,19,24-25H,2-3,11H2,(H,30,31,32)/t17-,19+,24?,25+/m0/s1. The molecule has 1 N–H and O–H groups in total. The Bertz CT molecular complexity index is 1330. The number of carbonyl (C=O) groups excluding carboxylic acids is 1. The molecular formula is C26H21FN4O2. The third-order valence-electron chi connectivity index (χ3n) is 6.91. The van der Waals surface area contributed by atoms with Crippen molar-refractivity contribution in [2.24, 2.45) is 23.7 Å². The van der Waals surface area contributed by atoms with Gasteiger partial charge in [0.15, 0.2) is 0 Å². The monoisotopic (exact) mass is 440 g/mol. The topological polar surface area (TPSA) is 87.9 Å². The van der Waals surface area contributed by atoms with Crippen LogP contribution in [0.1, 0.15) is 24.8 Å². The molecule has 2 saturated carbocycles. The smallest absolute Gasteiger partial charge is 0.229 e. The van der Waals surface area contributed by atoms with Gasteiger partial charge < -0.3 is 10.1 Å². The third kappa shape index (κ3) is 3.72. The number of amides is 1. The van der Waals surface area contributed by atoms with Crippen LogP contribution in [0.15, 0.2) is 60.4 Å². The van der Waals surface area contributed by atoms with Crippen molar-refractivity contribution in [2.75, 3.05) is 5.32 Å². The molecule has 2 heterocycles. The van der Waals surface area contributed by atoms with E-state index in [9.17, 15) is 9.18 Å². The first kappa shape index (κ1) is 19.9. The van der Waals surface area contributed by atoms with E-state index in [1.807, 2.05) is 6.07 Å². The molecule has 33 heavy (non-hydrogen) atoms. The van der Waals surface area contributed by atoms with E-state index in [4.69, 9.17) is 10.00 Å². The Morgan fingerprint density at radius 1 is 1.21 bits per heavy atom. The number of rotatable bonds is 6. The molecule has 3 aliphatic rings. The van der Waals surface area contributed by atoms with E-state index >= 15 is 0 Å². The Morgan fingerprint density at radius 3 is 2.79 bits per heavy atom. The van der Waals surface area contributed by atoms with Crippen LogP contribution in [0.25, 0.3) is 10.9 Å². The molecule has 0 bridgehead atoms. The van der Waals surface area contributed by atoms with Gasteiger partial charge in [0.1, 0.15) is 29.6 Å². The minimum atomic E-state index is -0.317. The number of hydrogen-bond acceptors (Lipinski definition) is 5. The second-order valence-corrected chi connectivity index (χ2v) is 9.06. The molecular weight excluding hydrogens is 419 g/mol. The van der Waals surface area contributed by atoms with E-state index in [1.54, 1.807) is 30.5 Å². The Hall–Kier alpha value is -3.79. The van der Waals surface area contributed by atoms with E-state index < -0.39 is 0 Å². The minimum Gasteiger partial charge on any atom is -0.486 e. The van der Waals surface area contributed by atoms with Crippen molar-refractivity contribution in [3.05, 3.63) is 71.8 Å². The molecule has 6 nitrogen and oxygen atoms in total. The number of nitriles is 1. The zero-order chi connectivity index (χ0) is 22.5. The van der Waals surface area contributed by atoms with Crippen molar-refractivity contribution in [1.29, 1.82) is 5.26 Å². The van der Waals surface area contributed by atoms with Crippen LogP contribution in [0.4, 0.5) is 10.2 Å². The molecule has 0 radical (unpaired) electrons. The van der Waals surface area contributed by atoms with Gasteiger partial charge in [0.2, 0.25) is 5.91 Å². The molecule has 2 aromatic heterocycles. The summed E-state index contributed by atoms with van der Waals surface area (Å²) in [4.78, 5) is 21.5. The normalized spacial score (nSPS) is 23.9. The van der Waals surface area contributed by atoms with Gasteiger partial charge in [-0.3, -0.25) is 9.78 Å². The summed E-state index contributed by atoms with van der Waals surface area (Å²) in [5.41, 5.74) is 2.46. The van der Waals surface area contributed by atoms with Gasteiger partial charge in [-0.2, -0.15) is 5.26 Å². The fourth-order valence-corrected chi connectivity index (χ4v) is 5.18. The first-order valence-corrected chi connectivity index (χ1v) is 11.2. The molecule has 1 amide bonds. The lowest BCUT2D eigenvalue weighted by Crippen LogP contribution is -2.28. The summed E-state index contributed by atoms with van der Waals surface area (Å²) in [5, 5.41) is 12.5. The van der Waals surface area contributed by atoms with Gasteiger partial charge in [0.05, 0.1) is 11.1 Å². The van der Waals surface area contributed by atoms with Crippen LogP contribution in [0, 0.1) is 40.8 Å². The Balaban J connectivity index is 1.16. The SMILES string of the molecule is N#Cc1ccc(NC(=O)C(C2CC2)[C@@H]2C3=C[C@H](Oc4ccnc5ccc(F)cc45)C[C@H]32)nc1. The van der Waals surface area contributed by atoms with Crippen LogP contribution < -0.4 is 10.1 Å². The van der Waals surface area contributed by atoms with E-state index in [1.165, 1.54) is 23.9 Å². The quantitative estimate of drug-likeness (QED) is 0.565. The maximum Gasteiger partial charge on any atom is 0.229 e. The van der Waals surface area contributed by atoms with Crippen LogP contribution >= 0.6 is 0 Å². The van der Waals surface area contributed by atoms with Gasteiger partial charge in [-0.15, -0.1) is 0 Å². The molecule has 2 fully saturated rings. The highest BCUT2D eigenvalue weighted by Gasteiger charge is 2.58. The van der Waals surface area contributed by atoms with Crippen molar-refractivity contribution in [1.82, 2.24) is 9.97 Å². The number of nitrogens with one attached hydrogen (secondary N) is 1. The summed E-state index contributed by atoms with van der Waals surface area (Å²) in [6, 6.07) is 11.6. The highest BCUT2D eigenvalue weighted by atomic mass is 19.1. The average Bonchev–Trinajstić information content (AvgIpc) is 3.73. The number of anilines is 1. The molecule has 3 aliphatic carbocycles. The van der Waals surface area contributed by atoms with Crippen LogP contribution in [0.5, 0.6) is 5.75 Å². The number of ether oxygens (including phenoxy) is 1. The minimum absolute atomic E-state index is 0.00285. The predicted molar refractivity (Wildman–Crippen MR) is 120 cm³/mol. The van der Waals surface area contributed by atoms with Gasteiger partial charge >= 0.3 is 0 Å². The lowest BCUT2D eigenvalue weighted by atomic mass is 9.92. The van der Waals surface area contributed by atoms with Gasteiger partial charge in [-0.05, 0) is 79.5 Å². The van der Waals surface area contributed by atoms with Gasteiger partial charge in [-0.1, -0.05) is 5.57 Å². The number of fused-ring (bicyclic) bond motifs is 2. The van der Waals surface area contributed by atoms with Crippen molar-refractivity contribution in [3.63, 3.8) is 0 Å². The maximum absolute atomic E-state index is 13.7. The summed E-state index contributed by atoms with van der Waals surface area (Å²) in [6.45, 7) is 0. The van der Waals surface area contributed by atoms with Crippen molar-refractivity contribution < 1.29 is 13.9 Å². The zero-order valence-corrected chi connectivity index (χ0v) is 17.7. The van der Waals surface area contributed by atoms with Crippen molar-refractivity contribution in [3.8, 4) is 11.8 Å². The van der Waals surface area contributed by atoms with Crippen molar-refractivity contribution in [2.45, 2.75) is 25.4 Å². The number of allylic oxidation sites excluding steroid dienone is 1. The van der Waals surface area contributed by atoms with Crippen LogP contribution in [-0.2, 0) is 4.79 Å². The van der Waals surface area contributed by atoms with E-state index in [-0.39, 0.29) is 29.7 Å². The molecule has 6 rings (SSSR count). The van der Waals surface area contributed by atoms with Gasteiger partial charge in [-0.25, -0.2) is 9.37 Å². The number of hydrogen-bond donors (Lipinski definition) is 1.